The Morgan fingerprint density at radius 2 is 1.83 bits per heavy atom. The van der Waals surface area contributed by atoms with Gasteiger partial charge in [-0.3, -0.25) is 19.1 Å². The van der Waals surface area contributed by atoms with Gasteiger partial charge in [-0.2, -0.15) is 13.2 Å². The van der Waals surface area contributed by atoms with Gasteiger partial charge in [-0.05, 0) is 43.2 Å². The number of hydrogen-bond acceptors (Lipinski definition) is 7. The third kappa shape index (κ3) is 5.21. The number of hydrogen-bond donors (Lipinski definition) is 0. The molecule has 0 aliphatic carbocycles. The van der Waals surface area contributed by atoms with Crippen LogP contribution in [0.1, 0.15) is 61.2 Å². The van der Waals surface area contributed by atoms with Crippen LogP contribution in [0.2, 0.25) is 0 Å². The minimum absolute atomic E-state index is 0.00534. The molecule has 7 rings (SSSR count). The fourth-order valence-electron chi connectivity index (χ4n) is 6.39. The molecule has 9 nitrogen and oxygen atoms in total. The van der Waals surface area contributed by atoms with Crippen LogP contribution in [0.5, 0.6) is 11.5 Å². The van der Waals surface area contributed by atoms with Crippen LogP contribution < -0.4 is 14.4 Å². The molecule has 1 aromatic heterocycles. The Morgan fingerprint density at radius 1 is 1.02 bits per heavy atom. The first-order valence-corrected chi connectivity index (χ1v) is 15.0. The van der Waals surface area contributed by atoms with Gasteiger partial charge in [0, 0.05) is 54.5 Å². The van der Waals surface area contributed by atoms with Crippen LogP contribution in [0.3, 0.4) is 0 Å². The highest BCUT2D eigenvalue weighted by Crippen LogP contribution is 2.47. The summed E-state index contributed by atoms with van der Waals surface area (Å²) in [7, 11) is 0. The van der Waals surface area contributed by atoms with E-state index in [2.05, 4.69) is 0 Å². The number of alkyl halides is 3. The smallest absolute Gasteiger partial charge is 0.471 e. The van der Waals surface area contributed by atoms with Crippen molar-refractivity contribution >= 4 is 28.6 Å². The van der Waals surface area contributed by atoms with E-state index in [-0.39, 0.29) is 42.7 Å². The van der Waals surface area contributed by atoms with Crippen LogP contribution >= 0.6 is 0 Å². The van der Waals surface area contributed by atoms with Gasteiger partial charge in [0.15, 0.2) is 6.10 Å². The number of carbonyl (C=O) groups is 2. The number of amides is 1. The summed E-state index contributed by atoms with van der Waals surface area (Å²) >= 11 is 0. The summed E-state index contributed by atoms with van der Waals surface area (Å²) in [5.74, 6) is -1.84. The first kappa shape index (κ1) is 30.0. The molecule has 240 valence electrons. The predicted molar refractivity (Wildman–Crippen MR) is 157 cm³/mol. The van der Waals surface area contributed by atoms with Crippen molar-refractivity contribution in [3.8, 4) is 17.2 Å². The van der Waals surface area contributed by atoms with Crippen LogP contribution in [0, 0.1) is 5.82 Å². The second kappa shape index (κ2) is 11.6. The molecule has 4 heterocycles. The zero-order valence-electron chi connectivity index (χ0n) is 24.7. The van der Waals surface area contributed by atoms with E-state index < -0.39 is 36.0 Å². The minimum Gasteiger partial charge on any atom is -0.489 e. The zero-order chi connectivity index (χ0) is 32.2. The van der Waals surface area contributed by atoms with E-state index >= 15 is 0 Å². The number of para-hydroxylation sites is 1. The number of nitrogens with zero attached hydrogens (tertiary/aromatic N) is 3. The van der Waals surface area contributed by atoms with Crippen LogP contribution in [0.25, 0.3) is 16.7 Å². The highest BCUT2D eigenvalue weighted by Gasteiger charge is 2.48. The number of imidazole rings is 1. The number of carbonyl (C=O) groups excluding carboxylic acids is 2. The summed E-state index contributed by atoms with van der Waals surface area (Å²) < 4.78 is 81.4. The SMILES string of the molecule is CCC(=O)O[C@@H]1COc2cc(N(C(=O)C(F)(F)F)[C@@H]3COc4c3cccc4-n3c(C4CCOCC4)nc4ccc(F)cc43)ccc21. The predicted octanol–water partition coefficient (Wildman–Crippen LogP) is 6.47. The number of benzene rings is 3. The maximum atomic E-state index is 14.5. The molecule has 4 aromatic rings. The van der Waals surface area contributed by atoms with Crippen molar-refractivity contribution in [1.29, 1.82) is 0 Å². The van der Waals surface area contributed by atoms with Gasteiger partial charge in [0.1, 0.15) is 36.4 Å². The number of esters is 1. The van der Waals surface area contributed by atoms with Crippen molar-refractivity contribution in [3.05, 3.63) is 77.4 Å². The van der Waals surface area contributed by atoms with Gasteiger partial charge < -0.3 is 18.9 Å². The van der Waals surface area contributed by atoms with E-state index in [0.29, 0.717) is 64.6 Å². The summed E-state index contributed by atoms with van der Waals surface area (Å²) in [6.07, 6.45) is -4.37. The number of fused-ring (bicyclic) bond motifs is 3. The molecule has 3 aromatic carbocycles. The quantitative estimate of drug-likeness (QED) is 0.176. The molecule has 0 N–H and O–H groups in total. The fourth-order valence-corrected chi connectivity index (χ4v) is 6.39. The topological polar surface area (TPSA) is 92.1 Å². The molecule has 13 heteroatoms. The molecule has 0 unspecified atom stereocenters. The third-order valence-corrected chi connectivity index (χ3v) is 8.59. The molecule has 0 bridgehead atoms. The normalized spacial score (nSPS) is 19.3. The van der Waals surface area contributed by atoms with Crippen molar-refractivity contribution in [3.63, 3.8) is 0 Å². The maximum Gasteiger partial charge on any atom is 0.471 e. The number of aromatic nitrogens is 2. The van der Waals surface area contributed by atoms with E-state index in [4.69, 9.17) is 23.9 Å². The number of anilines is 1. The molecule has 1 amide bonds. The Morgan fingerprint density at radius 3 is 2.59 bits per heavy atom. The molecule has 0 radical (unpaired) electrons. The average Bonchev–Trinajstić information content (AvgIpc) is 3.76. The highest BCUT2D eigenvalue weighted by molar-refractivity contribution is 5.98. The lowest BCUT2D eigenvalue weighted by molar-refractivity contribution is -0.171. The van der Waals surface area contributed by atoms with Crippen molar-refractivity contribution in [2.24, 2.45) is 0 Å². The number of ether oxygens (including phenoxy) is 4. The monoisotopic (exact) mass is 639 g/mol. The molecule has 3 aliphatic rings. The summed E-state index contributed by atoms with van der Waals surface area (Å²) in [5, 5.41) is 0. The van der Waals surface area contributed by atoms with Crippen molar-refractivity contribution < 1.29 is 46.1 Å². The van der Waals surface area contributed by atoms with E-state index in [1.54, 1.807) is 35.8 Å². The Labute approximate surface area is 260 Å². The van der Waals surface area contributed by atoms with Gasteiger partial charge in [-0.25, -0.2) is 9.37 Å². The van der Waals surface area contributed by atoms with Gasteiger partial charge in [0.25, 0.3) is 0 Å². The zero-order valence-corrected chi connectivity index (χ0v) is 24.7. The number of halogens is 4. The third-order valence-electron chi connectivity index (χ3n) is 8.59. The molecular formula is C33H29F4N3O6. The molecule has 0 saturated carbocycles. The van der Waals surface area contributed by atoms with Crippen LogP contribution in [-0.2, 0) is 19.1 Å². The van der Waals surface area contributed by atoms with Gasteiger partial charge in [-0.15, -0.1) is 0 Å². The Balaban J connectivity index is 1.32. The number of rotatable bonds is 6. The van der Waals surface area contributed by atoms with Gasteiger partial charge in [0.2, 0.25) is 0 Å². The van der Waals surface area contributed by atoms with Crippen molar-refractivity contribution in [2.45, 2.75) is 50.4 Å². The Bertz CT molecular complexity index is 1830. The molecule has 2 atom stereocenters. The van der Waals surface area contributed by atoms with E-state index in [1.807, 2.05) is 0 Å². The average molecular weight is 640 g/mol. The fraction of sp³-hybridized carbons (Fsp3) is 0.364. The first-order valence-electron chi connectivity index (χ1n) is 15.0. The molecule has 46 heavy (non-hydrogen) atoms. The van der Waals surface area contributed by atoms with Crippen LogP contribution in [0.15, 0.2) is 54.6 Å². The van der Waals surface area contributed by atoms with E-state index in [9.17, 15) is 27.2 Å². The summed E-state index contributed by atoms with van der Waals surface area (Å²) in [6, 6.07) is 12.4. The van der Waals surface area contributed by atoms with Crippen molar-refractivity contribution in [2.75, 3.05) is 31.3 Å². The van der Waals surface area contributed by atoms with Crippen molar-refractivity contribution in [1.82, 2.24) is 9.55 Å². The van der Waals surface area contributed by atoms with E-state index in [0.717, 1.165) is 0 Å². The summed E-state index contributed by atoms with van der Waals surface area (Å²) in [6.45, 7) is 2.46. The van der Waals surface area contributed by atoms with Crippen LogP contribution in [-0.4, -0.2) is 54.0 Å². The largest absolute Gasteiger partial charge is 0.489 e. The summed E-state index contributed by atoms with van der Waals surface area (Å²) in [5.41, 5.74) is 2.31. The molecule has 3 aliphatic heterocycles. The lowest BCUT2D eigenvalue weighted by Gasteiger charge is -2.29. The first-order chi connectivity index (χ1) is 22.1. The van der Waals surface area contributed by atoms with Gasteiger partial charge in [0.05, 0.1) is 22.8 Å². The maximum absolute atomic E-state index is 14.5. The second-order valence-corrected chi connectivity index (χ2v) is 11.4. The van der Waals surface area contributed by atoms with E-state index in [1.165, 1.54) is 30.3 Å². The lowest BCUT2D eigenvalue weighted by Crippen LogP contribution is -2.44. The highest BCUT2D eigenvalue weighted by atomic mass is 19.4. The van der Waals surface area contributed by atoms with Gasteiger partial charge >= 0.3 is 18.1 Å². The minimum atomic E-state index is -5.20. The molecule has 1 saturated heterocycles. The molecular weight excluding hydrogens is 610 g/mol. The second-order valence-electron chi connectivity index (χ2n) is 11.4. The molecule has 0 spiro atoms. The standard InChI is InChI=1S/C33H29F4N3O6/c1-2-29(41)46-28-17-44-27-15-20(7-8-22(27)28)39(32(42)33(35,36)37)26-16-45-30-21(26)4-3-5-24(30)40-25-14-19(34)6-9-23(25)38-31(40)18-10-12-43-13-11-18/h3-9,14-15,18,26,28H,2,10-13,16-17H2,1H3/t26-,28-/m1/s1. The van der Waals surface area contributed by atoms with Crippen LogP contribution in [0.4, 0.5) is 23.2 Å². The summed E-state index contributed by atoms with van der Waals surface area (Å²) in [4.78, 5) is 30.4. The Hall–Kier alpha value is -4.65. The lowest BCUT2D eigenvalue weighted by atomic mass is 9.99. The molecule has 1 fully saturated rings. The van der Waals surface area contributed by atoms with Gasteiger partial charge in [-0.1, -0.05) is 19.1 Å². The Kier molecular flexibility index (Phi) is 7.58.